The molecular formula is C20H26N2O4. The first-order valence-corrected chi connectivity index (χ1v) is 8.54. The summed E-state index contributed by atoms with van der Waals surface area (Å²) in [4.78, 5) is 12.1. The molecule has 2 aromatic rings. The first kappa shape index (κ1) is 19.4. The fourth-order valence-corrected chi connectivity index (χ4v) is 2.37. The van der Waals surface area contributed by atoms with Crippen LogP contribution in [0.15, 0.2) is 42.5 Å². The van der Waals surface area contributed by atoms with E-state index in [-0.39, 0.29) is 12.0 Å². The largest absolute Gasteiger partial charge is 0.497 e. The van der Waals surface area contributed by atoms with E-state index in [2.05, 4.69) is 10.6 Å². The SMILES string of the molecule is COc1ccc(NCCC(=O)Nc2ccc(OC(C)C)cc2)c(OC)c1. The number of rotatable bonds is 9. The fourth-order valence-electron chi connectivity index (χ4n) is 2.37. The summed E-state index contributed by atoms with van der Waals surface area (Å²) in [6.45, 7) is 4.43. The third-order valence-corrected chi connectivity index (χ3v) is 3.59. The maximum atomic E-state index is 12.1. The summed E-state index contributed by atoms with van der Waals surface area (Å²) in [6, 6.07) is 12.8. The molecule has 6 heteroatoms. The highest BCUT2D eigenvalue weighted by molar-refractivity contribution is 5.91. The van der Waals surface area contributed by atoms with Gasteiger partial charge >= 0.3 is 0 Å². The third-order valence-electron chi connectivity index (χ3n) is 3.59. The first-order chi connectivity index (χ1) is 12.5. The minimum absolute atomic E-state index is 0.0671. The lowest BCUT2D eigenvalue weighted by molar-refractivity contribution is -0.115. The van der Waals surface area contributed by atoms with Crippen LogP contribution in [0.1, 0.15) is 20.3 Å². The molecule has 0 aliphatic heterocycles. The molecule has 0 saturated heterocycles. The molecule has 0 atom stereocenters. The predicted molar refractivity (Wildman–Crippen MR) is 103 cm³/mol. The second-order valence-electron chi connectivity index (χ2n) is 5.98. The molecule has 2 N–H and O–H groups in total. The van der Waals surface area contributed by atoms with Crippen molar-refractivity contribution in [1.29, 1.82) is 0 Å². The van der Waals surface area contributed by atoms with Gasteiger partial charge in [0.05, 0.1) is 26.0 Å². The van der Waals surface area contributed by atoms with E-state index in [1.54, 1.807) is 20.3 Å². The van der Waals surface area contributed by atoms with E-state index in [0.717, 1.165) is 22.9 Å². The zero-order valence-corrected chi connectivity index (χ0v) is 15.7. The van der Waals surface area contributed by atoms with Gasteiger partial charge in [0.1, 0.15) is 17.2 Å². The average Bonchev–Trinajstić information content (AvgIpc) is 2.63. The van der Waals surface area contributed by atoms with Gasteiger partial charge in [0.25, 0.3) is 0 Å². The van der Waals surface area contributed by atoms with E-state index in [1.807, 2.05) is 50.2 Å². The molecule has 26 heavy (non-hydrogen) atoms. The number of anilines is 2. The lowest BCUT2D eigenvalue weighted by Crippen LogP contribution is -2.16. The van der Waals surface area contributed by atoms with Crippen molar-refractivity contribution < 1.29 is 19.0 Å². The van der Waals surface area contributed by atoms with Gasteiger partial charge in [-0.2, -0.15) is 0 Å². The summed E-state index contributed by atoms with van der Waals surface area (Å²) >= 11 is 0. The minimum Gasteiger partial charge on any atom is -0.497 e. The van der Waals surface area contributed by atoms with Crippen molar-refractivity contribution >= 4 is 17.3 Å². The number of hydrogen-bond acceptors (Lipinski definition) is 5. The molecule has 0 saturated carbocycles. The van der Waals surface area contributed by atoms with E-state index in [1.165, 1.54) is 0 Å². The van der Waals surface area contributed by atoms with Crippen LogP contribution in [0.5, 0.6) is 17.2 Å². The van der Waals surface area contributed by atoms with Gasteiger partial charge < -0.3 is 24.8 Å². The summed E-state index contributed by atoms with van der Waals surface area (Å²) in [5.74, 6) is 2.11. The average molecular weight is 358 g/mol. The quantitative estimate of drug-likeness (QED) is 0.711. The Hall–Kier alpha value is -2.89. The molecule has 0 aromatic heterocycles. The van der Waals surface area contributed by atoms with Gasteiger partial charge in [0, 0.05) is 24.7 Å². The monoisotopic (exact) mass is 358 g/mol. The topological polar surface area (TPSA) is 68.8 Å². The lowest BCUT2D eigenvalue weighted by atomic mass is 10.2. The number of amides is 1. The summed E-state index contributed by atoms with van der Waals surface area (Å²) < 4.78 is 16.1. The Bertz CT molecular complexity index is 714. The molecule has 0 radical (unpaired) electrons. The van der Waals surface area contributed by atoms with Gasteiger partial charge in [0.15, 0.2) is 0 Å². The van der Waals surface area contributed by atoms with Gasteiger partial charge in [-0.15, -0.1) is 0 Å². The van der Waals surface area contributed by atoms with Gasteiger partial charge in [-0.25, -0.2) is 0 Å². The molecule has 0 aliphatic rings. The van der Waals surface area contributed by atoms with Crippen molar-refractivity contribution in [3.8, 4) is 17.2 Å². The maximum Gasteiger partial charge on any atom is 0.226 e. The van der Waals surface area contributed by atoms with E-state index in [0.29, 0.717) is 18.7 Å². The summed E-state index contributed by atoms with van der Waals surface area (Å²) in [6.07, 6.45) is 0.454. The first-order valence-electron chi connectivity index (χ1n) is 8.54. The number of carbonyl (C=O) groups is 1. The second-order valence-corrected chi connectivity index (χ2v) is 5.98. The number of hydrogen-bond donors (Lipinski definition) is 2. The molecule has 0 heterocycles. The highest BCUT2D eigenvalue weighted by Crippen LogP contribution is 2.28. The molecule has 0 fully saturated rings. The van der Waals surface area contributed by atoms with Gasteiger partial charge in [-0.1, -0.05) is 0 Å². The molecule has 2 aromatic carbocycles. The Labute approximate surface area is 154 Å². The van der Waals surface area contributed by atoms with E-state index >= 15 is 0 Å². The Morgan fingerprint density at radius 1 is 1.00 bits per heavy atom. The zero-order chi connectivity index (χ0) is 18.9. The summed E-state index contributed by atoms with van der Waals surface area (Å²) in [7, 11) is 3.20. The Morgan fingerprint density at radius 2 is 1.69 bits per heavy atom. The predicted octanol–water partition coefficient (Wildman–Crippen LogP) is 3.93. The molecular weight excluding hydrogens is 332 g/mol. The smallest absolute Gasteiger partial charge is 0.226 e. The van der Waals surface area contributed by atoms with Crippen LogP contribution >= 0.6 is 0 Å². The van der Waals surface area contributed by atoms with Crippen LogP contribution in [-0.2, 0) is 4.79 Å². The highest BCUT2D eigenvalue weighted by Gasteiger charge is 2.07. The standard InChI is InChI=1S/C20H26N2O4/c1-14(2)26-16-7-5-15(6-8-16)22-20(23)11-12-21-18-10-9-17(24-3)13-19(18)25-4/h5-10,13-14,21H,11-12H2,1-4H3,(H,22,23). The molecule has 0 bridgehead atoms. The Morgan fingerprint density at radius 3 is 2.31 bits per heavy atom. The maximum absolute atomic E-state index is 12.1. The van der Waals surface area contributed by atoms with Crippen molar-refractivity contribution in [3.63, 3.8) is 0 Å². The number of benzene rings is 2. The Balaban J connectivity index is 1.82. The van der Waals surface area contributed by atoms with Crippen LogP contribution in [0.3, 0.4) is 0 Å². The molecule has 1 amide bonds. The van der Waals surface area contributed by atoms with Crippen molar-refractivity contribution in [2.75, 3.05) is 31.4 Å². The zero-order valence-electron chi connectivity index (χ0n) is 15.7. The molecule has 0 unspecified atom stereocenters. The third kappa shape index (κ3) is 5.88. The molecule has 0 spiro atoms. The summed E-state index contributed by atoms with van der Waals surface area (Å²) in [5.41, 5.74) is 1.56. The van der Waals surface area contributed by atoms with Crippen molar-refractivity contribution in [1.82, 2.24) is 0 Å². The molecule has 0 aliphatic carbocycles. The lowest BCUT2D eigenvalue weighted by Gasteiger charge is -2.13. The molecule has 140 valence electrons. The van der Waals surface area contributed by atoms with Gasteiger partial charge in [0.2, 0.25) is 5.91 Å². The van der Waals surface area contributed by atoms with Crippen LogP contribution < -0.4 is 24.8 Å². The van der Waals surface area contributed by atoms with Crippen molar-refractivity contribution in [2.45, 2.75) is 26.4 Å². The number of carbonyl (C=O) groups excluding carboxylic acids is 1. The van der Waals surface area contributed by atoms with Gasteiger partial charge in [-0.05, 0) is 50.2 Å². The van der Waals surface area contributed by atoms with Crippen LogP contribution in [0.25, 0.3) is 0 Å². The number of nitrogens with one attached hydrogen (secondary N) is 2. The second kappa shape index (κ2) is 9.56. The van der Waals surface area contributed by atoms with Crippen molar-refractivity contribution in [2.24, 2.45) is 0 Å². The van der Waals surface area contributed by atoms with Gasteiger partial charge in [-0.3, -0.25) is 4.79 Å². The number of ether oxygens (including phenoxy) is 3. The highest BCUT2D eigenvalue weighted by atomic mass is 16.5. The van der Waals surface area contributed by atoms with E-state index < -0.39 is 0 Å². The van der Waals surface area contributed by atoms with Crippen molar-refractivity contribution in [3.05, 3.63) is 42.5 Å². The Kier molecular flexibility index (Phi) is 7.14. The van der Waals surface area contributed by atoms with E-state index in [9.17, 15) is 4.79 Å². The van der Waals surface area contributed by atoms with Crippen LogP contribution in [0.2, 0.25) is 0 Å². The fraction of sp³-hybridized carbons (Fsp3) is 0.350. The molecule has 6 nitrogen and oxygen atoms in total. The number of methoxy groups -OCH3 is 2. The van der Waals surface area contributed by atoms with Crippen LogP contribution in [0.4, 0.5) is 11.4 Å². The van der Waals surface area contributed by atoms with E-state index in [4.69, 9.17) is 14.2 Å². The normalized spacial score (nSPS) is 10.3. The van der Waals surface area contributed by atoms with Crippen LogP contribution in [0, 0.1) is 0 Å². The minimum atomic E-state index is -0.0671. The molecule has 2 rings (SSSR count). The van der Waals surface area contributed by atoms with Crippen LogP contribution in [-0.4, -0.2) is 32.8 Å². The summed E-state index contributed by atoms with van der Waals surface area (Å²) in [5, 5.41) is 6.07.